The Labute approximate surface area is 90.4 Å². The number of piperidine rings is 1. The van der Waals surface area contributed by atoms with E-state index in [-0.39, 0.29) is 11.9 Å². The summed E-state index contributed by atoms with van der Waals surface area (Å²) in [6, 6.07) is 0. The highest BCUT2D eigenvalue weighted by Gasteiger charge is 2.29. The number of carbonyl (C=O) groups excluding carboxylic acids is 1. The maximum absolute atomic E-state index is 11.4. The number of likely N-dealkylation sites (tertiary alicyclic amines) is 1. The molecule has 0 aromatic heterocycles. The van der Waals surface area contributed by atoms with Crippen LogP contribution in [-0.2, 0) is 9.53 Å². The van der Waals surface area contributed by atoms with E-state index >= 15 is 0 Å². The van der Waals surface area contributed by atoms with Gasteiger partial charge in [-0.25, -0.2) is 0 Å². The summed E-state index contributed by atoms with van der Waals surface area (Å²) in [7, 11) is 2.09. The van der Waals surface area contributed by atoms with Crippen LogP contribution in [0, 0.1) is 5.92 Å². The molecule has 14 heavy (non-hydrogen) atoms. The number of ether oxygens (including phenoxy) is 1. The summed E-state index contributed by atoms with van der Waals surface area (Å²) in [4.78, 5) is 13.6. The van der Waals surface area contributed by atoms with E-state index in [4.69, 9.17) is 16.3 Å². The number of hydrogen-bond donors (Lipinski definition) is 0. The van der Waals surface area contributed by atoms with Gasteiger partial charge in [-0.15, -0.1) is 11.6 Å². The van der Waals surface area contributed by atoms with Gasteiger partial charge < -0.3 is 9.64 Å². The van der Waals surface area contributed by atoms with Crippen molar-refractivity contribution in [3.8, 4) is 0 Å². The van der Waals surface area contributed by atoms with Crippen LogP contribution in [-0.4, -0.2) is 43.0 Å². The first kappa shape index (κ1) is 11.8. The molecule has 1 aliphatic heterocycles. The van der Waals surface area contributed by atoms with Gasteiger partial charge in [0.1, 0.15) is 5.38 Å². The third kappa shape index (κ3) is 3.14. The lowest BCUT2D eigenvalue weighted by atomic mass is 9.93. The zero-order valence-corrected chi connectivity index (χ0v) is 9.59. The van der Waals surface area contributed by atoms with Crippen LogP contribution >= 0.6 is 11.6 Å². The minimum atomic E-state index is -0.455. The number of carbonyl (C=O) groups is 1. The van der Waals surface area contributed by atoms with Crippen molar-refractivity contribution in [3.05, 3.63) is 0 Å². The fourth-order valence-electron chi connectivity index (χ4n) is 1.74. The van der Waals surface area contributed by atoms with E-state index in [2.05, 4.69) is 11.9 Å². The van der Waals surface area contributed by atoms with Crippen molar-refractivity contribution in [1.29, 1.82) is 0 Å². The molecule has 0 aliphatic carbocycles. The smallest absolute Gasteiger partial charge is 0.324 e. The molecule has 1 rings (SSSR count). The van der Waals surface area contributed by atoms with Crippen molar-refractivity contribution in [1.82, 2.24) is 4.90 Å². The highest BCUT2D eigenvalue weighted by atomic mass is 35.5. The first-order chi connectivity index (χ1) is 6.65. The second kappa shape index (κ2) is 5.56. The van der Waals surface area contributed by atoms with Gasteiger partial charge in [-0.05, 0) is 45.8 Å². The van der Waals surface area contributed by atoms with Crippen LogP contribution in [0.15, 0.2) is 0 Å². The number of esters is 1. The monoisotopic (exact) mass is 219 g/mol. The number of rotatable bonds is 3. The molecule has 1 atom stereocenters. The summed E-state index contributed by atoms with van der Waals surface area (Å²) < 4.78 is 4.90. The van der Waals surface area contributed by atoms with E-state index in [1.165, 1.54) is 0 Å². The summed E-state index contributed by atoms with van der Waals surface area (Å²) in [5, 5.41) is -0.455. The second-order valence-electron chi connectivity index (χ2n) is 3.79. The molecule has 0 aromatic rings. The van der Waals surface area contributed by atoms with Crippen molar-refractivity contribution < 1.29 is 9.53 Å². The Bertz CT molecular complexity index is 191. The topological polar surface area (TPSA) is 29.5 Å². The minimum absolute atomic E-state index is 0.260. The molecule has 1 aliphatic rings. The lowest BCUT2D eigenvalue weighted by Gasteiger charge is -2.30. The molecule has 0 N–H and O–H groups in total. The van der Waals surface area contributed by atoms with Gasteiger partial charge in [-0.1, -0.05) is 0 Å². The molecule has 0 amide bonds. The van der Waals surface area contributed by atoms with Crippen LogP contribution in [0.3, 0.4) is 0 Å². The van der Waals surface area contributed by atoms with E-state index in [0.29, 0.717) is 6.61 Å². The molecule has 0 radical (unpaired) electrons. The zero-order valence-electron chi connectivity index (χ0n) is 8.83. The minimum Gasteiger partial charge on any atom is -0.465 e. The Morgan fingerprint density at radius 1 is 1.57 bits per heavy atom. The van der Waals surface area contributed by atoms with E-state index in [9.17, 15) is 4.79 Å². The fraction of sp³-hybridized carbons (Fsp3) is 0.900. The number of halogens is 1. The largest absolute Gasteiger partial charge is 0.465 e. The molecule has 3 nitrogen and oxygen atoms in total. The lowest BCUT2D eigenvalue weighted by Crippen LogP contribution is -2.37. The number of alkyl halides is 1. The number of hydrogen-bond acceptors (Lipinski definition) is 3. The average Bonchev–Trinajstić information content (AvgIpc) is 2.18. The van der Waals surface area contributed by atoms with Crippen molar-refractivity contribution in [2.24, 2.45) is 5.92 Å². The van der Waals surface area contributed by atoms with Gasteiger partial charge in [0, 0.05) is 0 Å². The molecule has 0 bridgehead atoms. The molecule has 0 aromatic carbocycles. The third-order valence-corrected chi connectivity index (χ3v) is 3.22. The maximum atomic E-state index is 11.4. The molecule has 1 saturated heterocycles. The Morgan fingerprint density at radius 3 is 2.64 bits per heavy atom. The predicted octanol–water partition coefficient (Wildman–Crippen LogP) is 1.50. The molecular formula is C10H18ClNO2. The Morgan fingerprint density at radius 2 is 2.14 bits per heavy atom. The van der Waals surface area contributed by atoms with Gasteiger partial charge in [-0.3, -0.25) is 4.79 Å². The highest BCUT2D eigenvalue weighted by molar-refractivity contribution is 6.30. The summed E-state index contributed by atoms with van der Waals surface area (Å²) in [6.07, 6.45) is 1.98. The molecule has 0 spiro atoms. The summed E-state index contributed by atoms with van der Waals surface area (Å²) in [6.45, 7) is 4.26. The molecule has 1 fully saturated rings. The Kier molecular flexibility index (Phi) is 4.69. The van der Waals surface area contributed by atoms with Crippen molar-refractivity contribution >= 4 is 17.6 Å². The molecule has 4 heteroatoms. The molecule has 1 heterocycles. The zero-order chi connectivity index (χ0) is 10.6. The maximum Gasteiger partial charge on any atom is 0.324 e. The highest BCUT2D eigenvalue weighted by Crippen LogP contribution is 2.24. The van der Waals surface area contributed by atoms with Crippen LogP contribution in [0.4, 0.5) is 0 Å². The second-order valence-corrected chi connectivity index (χ2v) is 4.26. The standard InChI is InChI=1S/C10H18ClNO2/c1-3-14-10(13)9(11)8-4-6-12(2)7-5-8/h8-9H,3-7H2,1-2H3. The quantitative estimate of drug-likeness (QED) is 0.532. The van der Waals surface area contributed by atoms with E-state index in [1.54, 1.807) is 6.92 Å². The number of nitrogens with zero attached hydrogens (tertiary/aromatic N) is 1. The average molecular weight is 220 g/mol. The Balaban J connectivity index is 2.37. The summed E-state index contributed by atoms with van der Waals surface area (Å²) >= 11 is 6.04. The first-order valence-corrected chi connectivity index (χ1v) is 5.58. The van der Waals surface area contributed by atoms with Gasteiger partial charge in [0.15, 0.2) is 0 Å². The van der Waals surface area contributed by atoms with Crippen molar-refractivity contribution in [3.63, 3.8) is 0 Å². The van der Waals surface area contributed by atoms with E-state index in [1.807, 2.05) is 0 Å². The predicted molar refractivity (Wildman–Crippen MR) is 56.5 cm³/mol. The Hall–Kier alpha value is -0.280. The molecule has 1 unspecified atom stereocenters. The molecular weight excluding hydrogens is 202 g/mol. The van der Waals surface area contributed by atoms with Crippen LogP contribution in [0.2, 0.25) is 0 Å². The van der Waals surface area contributed by atoms with Crippen LogP contribution in [0.5, 0.6) is 0 Å². The van der Waals surface area contributed by atoms with Crippen LogP contribution in [0.1, 0.15) is 19.8 Å². The van der Waals surface area contributed by atoms with E-state index < -0.39 is 5.38 Å². The third-order valence-electron chi connectivity index (χ3n) is 2.69. The first-order valence-electron chi connectivity index (χ1n) is 5.14. The van der Waals surface area contributed by atoms with Gasteiger partial charge in [0.2, 0.25) is 0 Å². The molecule has 0 saturated carbocycles. The summed E-state index contributed by atoms with van der Waals surface area (Å²) in [5.74, 6) is 0.0237. The SMILES string of the molecule is CCOC(=O)C(Cl)C1CCN(C)CC1. The summed E-state index contributed by atoms with van der Waals surface area (Å²) in [5.41, 5.74) is 0. The van der Waals surface area contributed by atoms with Crippen LogP contribution in [0.25, 0.3) is 0 Å². The van der Waals surface area contributed by atoms with E-state index in [0.717, 1.165) is 25.9 Å². The van der Waals surface area contributed by atoms with Gasteiger partial charge in [0.05, 0.1) is 6.61 Å². The molecule has 82 valence electrons. The van der Waals surface area contributed by atoms with Crippen molar-refractivity contribution in [2.75, 3.05) is 26.7 Å². The van der Waals surface area contributed by atoms with Gasteiger partial charge in [-0.2, -0.15) is 0 Å². The van der Waals surface area contributed by atoms with Crippen molar-refractivity contribution in [2.45, 2.75) is 25.1 Å². The lowest BCUT2D eigenvalue weighted by molar-refractivity contribution is -0.144. The van der Waals surface area contributed by atoms with Gasteiger partial charge in [0.25, 0.3) is 0 Å². The fourth-order valence-corrected chi connectivity index (χ4v) is 2.05. The van der Waals surface area contributed by atoms with Gasteiger partial charge >= 0.3 is 5.97 Å². The van der Waals surface area contributed by atoms with Crippen LogP contribution < -0.4 is 0 Å². The normalized spacial score (nSPS) is 21.9.